The zero-order valence-corrected chi connectivity index (χ0v) is 18.6. The van der Waals surface area contributed by atoms with Gasteiger partial charge in [-0.3, -0.25) is 4.90 Å². The van der Waals surface area contributed by atoms with Crippen molar-refractivity contribution in [1.82, 2.24) is 4.90 Å². The molecule has 0 bridgehead atoms. The molecule has 3 aromatic rings. The van der Waals surface area contributed by atoms with Gasteiger partial charge in [0, 0.05) is 12.2 Å². The molecule has 0 radical (unpaired) electrons. The number of piperidine rings is 1. The van der Waals surface area contributed by atoms with Crippen LogP contribution in [-0.2, 0) is 12.1 Å². The molecule has 1 aliphatic rings. The van der Waals surface area contributed by atoms with Crippen LogP contribution >= 0.6 is 24.8 Å². The summed E-state index contributed by atoms with van der Waals surface area (Å²) in [6.07, 6.45) is 1.94. The lowest BCUT2D eigenvalue weighted by Crippen LogP contribution is -2.44. The van der Waals surface area contributed by atoms with Gasteiger partial charge in [0.15, 0.2) is 0 Å². The molecule has 4 rings (SSSR count). The first-order valence-corrected chi connectivity index (χ1v) is 10.1. The highest BCUT2D eigenvalue weighted by Gasteiger charge is 2.41. The van der Waals surface area contributed by atoms with E-state index in [4.69, 9.17) is 5.73 Å². The van der Waals surface area contributed by atoms with E-state index in [-0.39, 0.29) is 30.7 Å². The number of likely N-dealkylation sites (tertiary alicyclic amines) is 1. The van der Waals surface area contributed by atoms with Crippen molar-refractivity contribution >= 4 is 30.5 Å². The molecule has 1 aliphatic heterocycles. The predicted molar refractivity (Wildman–Crippen MR) is 129 cm³/mol. The number of benzene rings is 3. The molecular weight excluding hydrogens is 415 g/mol. The molecular formula is C25H30Cl2N2O. The molecule has 0 spiro atoms. The molecule has 1 heterocycles. The third kappa shape index (κ3) is 5.16. The SMILES string of the molecule is Cl.Cl.Nc1ccc(CN2CCC(C(O)(c3ccccc3)c3ccccc3)CC2)cc1. The topological polar surface area (TPSA) is 49.5 Å². The molecule has 3 nitrogen and oxygen atoms in total. The maximum Gasteiger partial charge on any atom is 0.117 e. The first kappa shape index (κ1) is 24.2. The van der Waals surface area contributed by atoms with Crippen molar-refractivity contribution < 1.29 is 5.11 Å². The minimum atomic E-state index is -0.949. The molecule has 1 fully saturated rings. The molecule has 0 atom stereocenters. The lowest BCUT2D eigenvalue weighted by molar-refractivity contribution is -0.0152. The van der Waals surface area contributed by atoms with Gasteiger partial charge in [0.1, 0.15) is 5.60 Å². The standard InChI is InChI=1S/C25H28N2O.2ClH/c26-24-13-11-20(12-14-24)19-27-17-15-23(16-18-27)25(28,21-7-3-1-4-8-21)22-9-5-2-6-10-22;;/h1-14,23,28H,15-19,26H2;2*1H. The molecule has 5 heteroatoms. The Morgan fingerprint density at radius 3 is 1.70 bits per heavy atom. The number of rotatable bonds is 5. The first-order chi connectivity index (χ1) is 13.7. The minimum absolute atomic E-state index is 0. The van der Waals surface area contributed by atoms with E-state index in [1.807, 2.05) is 72.8 Å². The van der Waals surface area contributed by atoms with E-state index in [2.05, 4.69) is 17.0 Å². The second kappa shape index (κ2) is 10.8. The van der Waals surface area contributed by atoms with Crippen LogP contribution < -0.4 is 5.73 Å². The fourth-order valence-electron chi connectivity index (χ4n) is 4.41. The number of halogens is 2. The predicted octanol–water partition coefficient (Wildman–Crippen LogP) is 5.26. The van der Waals surface area contributed by atoms with Crippen LogP contribution in [0.3, 0.4) is 0 Å². The van der Waals surface area contributed by atoms with Crippen LogP contribution in [-0.4, -0.2) is 23.1 Å². The Balaban J connectivity index is 0.00000160. The van der Waals surface area contributed by atoms with Gasteiger partial charge in [-0.15, -0.1) is 24.8 Å². The summed E-state index contributed by atoms with van der Waals surface area (Å²) in [5, 5.41) is 12.0. The fraction of sp³-hybridized carbons (Fsp3) is 0.280. The van der Waals surface area contributed by atoms with Crippen LogP contribution in [0.25, 0.3) is 0 Å². The molecule has 0 unspecified atom stereocenters. The Morgan fingerprint density at radius 2 is 1.23 bits per heavy atom. The van der Waals surface area contributed by atoms with Gasteiger partial charge in [0.05, 0.1) is 0 Å². The zero-order valence-electron chi connectivity index (χ0n) is 17.0. The molecule has 0 aromatic heterocycles. The maximum absolute atomic E-state index is 12.0. The van der Waals surface area contributed by atoms with Gasteiger partial charge < -0.3 is 10.8 Å². The van der Waals surface area contributed by atoms with Crippen molar-refractivity contribution in [3.05, 3.63) is 102 Å². The van der Waals surface area contributed by atoms with Crippen LogP contribution in [0.5, 0.6) is 0 Å². The average molecular weight is 445 g/mol. The van der Waals surface area contributed by atoms with Gasteiger partial charge in [-0.1, -0.05) is 72.8 Å². The van der Waals surface area contributed by atoms with Crippen LogP contribution in [0, 0.1) is 5.92 Å². The van der Waals surface area contributed by atoms with E-state index in [1.54, 1.807) is 0 Å². The number of anilines is 1. The van der Waals surface area contributed by atoms with Crippen molar-refractivity contribution in [3.8, 4) is 0 Å². The van der Waals surface area contributed by atoms with E-state index in [0.29, 0.717) is 0 Å². The van der Waals surface area contributed by atoms with E-state index in [9.17, 15) is 5.11 Å². The second-order valence-corrected chi connectivity index (χ2v) is 7.79. The highest BCUT2D eigenvalue weighted by molar-refractivity contribution is 5.85. The Kier molecular flexibility index (Phi) is 8.75. The number of hydrogen-bond acceptors (Lipinski definition) is 3. The minimum Gasteiger partial charge on any atom is -0.399 e. The summed E-state index contributed by atoms with van der Waals surface area (Å²) < 4.78 is 0. The summed E-state index contributed by atoms with van der Waals surface area (Å²) in [7, 11) is 0. The van der Waals surface area contributed by atoms with Crippen molar-refractivity contribution in [1.29, 1.82) is 0 Å². The van der Waals surface area contributed by atoms with Crippen molar-refractivity contribution in [2.75, 3.05) is 18.8 Å². The average Bonchev–Trinajstić information content (AvgIpc) is 2.76. The van der Waals surface area contributed by atoms with E-state index < -0.39 is 5.60 Å². The second-order valence-electron chi connectivity index (χ2n) is 7.79. The van der Waals surface area contributed by atoms with Gasteiger partial charge in [0.2, 0.25) is 0 Å². The normalized spacial score (nSPS) is 15.1. The van der Waals surface area contributed by atoms with E-state index in [1.165, 1.54) is 5.56 Å². The Hall–Kier alpha value is -2.04. The van der Waals surface area contributed by atoms with Gasteiger partial charge in [-0.05, 0) is 60.7 Å². The maximum atomic E-state index is 12.0. The summed E-state index contributed by atoms with van der Waals surface area (Å²) in [5.41, 5.74) is 8.91. The Morgan fingerprint density at radius 1 is 0.767 bits per heavy atom. The number of aliphatic hydroxyl groups is 1. The molecule has 160 valence electrons. The summed E-state index contributed by atoms with van der Waals surface area (Å²) in [5.74, 6) is 0.194. The van der Waals surface area contributed by atoms with Gasteiger partial charge in [-0.2, -0.15) is 0 Å². The largest absolute Gasteiger partial charge is 0.399 e. The number of nitrogens with zero attached hydrogens (tertiary/aromatic N) is 1. The number of hydrogen-bond donors (Lipinski definition) is 2. The van der Waals surface area contributed by atoms with Crippen molar-refractivity contribution in [3.63, 3.8) is 0 Å². The third-order valence-corrected chi connectivity index (χ3v) is 5.99. The number of nitrogens with two attached hydrogens (primary N) is 1. The van der Waals surface area contributed by atoms with Crippen LogP contribution in [0.2, 0.25) is 0 Å². The zero-order chi connectivity index (χ0) is 19.4. The summed E-state index contributed by atoms with van der Waals surface area (Å²) >= 11 is 0. The molecule has 0 saturated carbocycles. The quantitative estimate of drug-likeness (QED) is 0.527. The van der Waals surface area contributed by atoms with E-state index in [0.717, 1.165) is 49.3 Å². The Bertz CT molecular complexity index is 841. The fourth-order valence-corrected chi connectivity index (χ4v) is 4.41. The van der Waals surface area contributed by atoms with E-state index >= 15 is 0 Å². The monoisotopic (exact) mass is 444 g/mol. The molecule has 3 aromatic carbocycles. The highest BCUT2D eigenvalue weighted by atomic mass is 35.5. The molecule has 3 N–H and O–H groups in total. The van der Waals surface area contributed by atoms with Gasteiger partial charge >= 0.3 is 0 Å². The smallest absolute Gasteiger partial charge is 0.117 e. The van der Waals surface area contributed by atoms with Crippen LogP contribution in [0.1, 0.15) is 29.5 Å². The lowest BCUT2D eigenvalue weighted by atomic mass is 9.72. The Labute approximate surface area is 191 Å². The number of nitrogen functional groups attached to an aromatic ring is 1. The first-order valence-electron chi connectivity index (χ1n) is 10.1. The van der Waals surface area contributed by atoms with Crippen LogP contribution in [0.15, 0.2) is 84.9 Å². The van der Waals surface area contributed by atoms with Gasteiger partial charge in [0.25, 0.3) is 0 Å². The lowest BCUT2D eigenvalue weighted by Gasteiger charge is -2.42. The van der Waals surface area contributed by atoms with Crippen molar-refractivity contribution in [2.24, 2.45) is 5.92 Å². The molecule has 30 heavy (non-hydrogen) atoms. The van der Waals surface area contributed by atoms with Crippen LogP contribution in [0.4, 0.5) is 5.69 Å². The summed E-state index contributed by atoms with van der Waals surface area (Å²) in [6.45, 7) is 2.90. The summed E-state index contributed by atoms with van der Waals surface area (Å²) in [4.78, 5) is 2.47. The highest BCUT2D eigenvalue weighted by Crippen LogP contribution is 2.42. The third-order valence-electron chi connectivity index (χ3n) is 5.99. The molecule has 0 amide bonds. The van der Waals surface area contributed by atoms with Gasteiger partial charge in [-0.25, -0.2) is 0 Å². The summed E-state index contributed by atoms with van der Waals surface area (Å²) in [6, 6.07) is 28.4. The molecule has 0 aliphatic carbocycles. The van der Waals surface area contributed by atoms with Crippen molar-refractivity contribution in [2.45, 2.75) is 25.0 Å². The molecule has 1 saturated heterocycles.